The number of nitrogens with one attached hydrogen (secondary N) is 1. The molecule has 1 aliphatic rings. The van der Waals surface area contributed by atoms with Crippen molar-refractivity contribution in [2.24, 2.45) is 0 Å². The van der Waals surface area contributed by atoms with Crippen LogP contribution in [0, 0.1) is 6.92 Å². The molecular formula is C25H27Cl2N3O4S2. The van der Waals surface area contributed by atoms with E-state index < -0.39 is 5.97 Å². The molecule has 0 spiro atoms. The third-order valence-corrected chi connectivity index (χ3v) is 8.98. The van der Waals surface area contributed by atoms with Crippen LogP contribution in [0.15, 0.2) is 28.2 Å². The van der Waals surface area contributed by atoms with E-state index in [-0.39, 0.29) is 36.4 Å². The van der Waals surface area contributed by atoms with Gasteiger partial charge in [0.15, 0.2) is 5.16 Å². The van der Waals surface area contributed by atoms with Crippen LogP contribution in [0.25, 0.3) is 10.2 Å². The largest absolute Gasteiger partial charge is 0.462 e. The summed E-state index contributed by atoms with van der Waals surface area (Å²) < 4.78 is 6.68. The summed E-state index contributed by atoms with van der Waals surface area (Å²) in [5.74, 6) is -0.434. The predicted molar refractivity (Wildman–Crippen MR) is 146 cm³/mol. The molecule has 3 aromatic rings. The predicted octanol–water partition coefficient (Wildman–Crippen LogP) is 5.84. The van der Waals surface area contributed by atoms with Crippen molar-refractivity contribution in [2.75, 3.05) is 12.4 Å². The van der Waals surface area contributed by atoms with E-state index in [4.69, 9.17) is 32.9 Å². The second-order valence-corrected chi connectivity index (χ2v) is 11.4. The maximum Gasteiger partial charge on any atom is 0.348 e. The number of rotatable bonds is 8. The van der Waals surface area contributed by atoms with Crippen LogP contribution in [0.1, 0.15) is 59.8 Å². The molecule has 2 aromatic heterocycles. The Kier molecular flexibility index (Phi) is 8.98. The molecule has 2 heterocycles. The maximum absolute atomic E-state index is 13.7. The number of amides is 1. The number of thioether (sulfide) groups is 1. The van der Waals surface area contributed by atoms with Crippen molar-refractivity contribution in [2.45, 2.75) is 63.7 Å². The van der Waals surface area contributed by atoms with Gasteiger partial charge in [-0.2, -0.15) is 0 Å². The van der Waals surface area contributed by atoms with Gasteiger partial charge < -0.3 is 10.1 Å². The Morgan fingerprint density at radius 1 is 1.22 bits per heavy atom. The number of aryl methyl sites for hydroxylation is 1. The normalized spacial score (nSPS) is 14.2. The molecule has 1 amide bonds. The zero-order chi connectivity index (χ0) is 25.8. The van der Waals surface area contributed by atoms with Gasteiger partial charge in [0.2, 0.25) is 5.91 Å². The third kappa shape index (κ3) is 6.07. The average molecular weight is 569 g/mol. The minimum atomic E-state index is -0.477. The number of ether oxygens (including phenoxy) is 1. The Morgan fingerprint density at radius 3 is 2.67 bits per heavy atom. The molecular weight excluding hydrogens is 541 g/mol. The topological polar surface area (TPSA) is 90.3 Å². The molecule has 1 aliphatic carbocycles. The Hall–Kier alpha value is -2.07. The van der Waals surface area contributed by atoms with Crippen LogP contribution in [-0.4, -0.2) is 39.8 Å². The lowest BCUT2D eigenvalue weighted by Crippen LogP contribution is -2.37. The van der Waals surface area contributed by atoms with Gasteiger partial charge in [0, 0.05) is 6.04 Å². The van der Waals surface area contributed by atoms with E-state index in [0.29, 0.717) is 35.9 Å². The number of halogens is 2. The van der Waals surface area contributed by atoms with Gasteiger partial charge in [-0.15, -0.1) is 11.3 Å². The number of carbonyl (C=O) groups excluding carboxylic acids is 2. The van der Waals surface area contributed by atoms with Crippen molar-refractivity contribution in [1.29, 1.82) is 0 Å². The Bertz CT molecular complexity index is 1350. The van der Waals surface area contributed by atoms with Crippen molar-refractivity contribution < 1.29 is 14.3 Å². The van der Waals surface area contributed by atoms with Crippen molar-refractivity contribution in [3.63, 3.8) is 0 Å². The zero-order valence-corrected chi connectivity index (χ0v) is 23.2. The highest BCUT2D eigenvalue weighted by molar-refractivity contribution is 7.99. The average Bonchev–Trinajstić information content (AvgIpc) is 3.19. The van der Waals surface area contributed by atoms with Gasteiger partial charge in [0.25, 0.3) is 5.56 Å². The van der Waals surface area contributed by atoms with Gasteiger partial charge in [0.1, 0.15) is 9.71 Å². The van der Waals surface area contributed by atoms with Crippen molar-refractivity contribution in [1.82, 2.24) is 14.9 Å². The summed E-state index contributed by atoms with van der Waals surface area (Å²) in [6.07, 6.45) is 5.45. The molecule has 4 rings (SSSR count). The van der Waals surface area contributed by atoms with Crippen LogP contribution in [0.5, 0.6) is 0 Å². The second kappa shape index (κ2) is 12.0. The van der Waals surface area contributed by atoms with Gasteiger partial charge in [0.05, 0.1) is 34.3 Å². The molecule has 11 heteroatoms. The standard InChI is InChI=1S/C25H27Cl2N3O4S2/c1-3-34-24(33)21-14(2)20-22(36-21)29-25(35-13-19(31)28-16-7-5-4-6-8-16)30(23(20)32)12-15-9-10-17(26)18(27)11-15/h9-11,16H,3-8,12-13H2,1-2H3,(H,28,31). The quantitative estimate of drug-likeness (QED) is 0.209. The smallest absolute Gasteiger partial charge is 0.348 e. The number of hydrogen-bond donors (Lipinski definition) is 1. The molecule has 1 aromatic carbocycles. The highest BCUT2D eigenvalue weighted by atomic mass is 35.5. The van der Waals surface area contributed by atoms with Crippen LogP contribution < -0.4 is 10.9 Å². The summed E-state index contributed by atoms with van der Waals surface area (Å²) in [6.45, 7) is 3.88. The van der Waals surface area contributed by atoms with E-state index in [9.17, 15) is 14.4 Å². The SMILES string of the molecule is CCOC(=O)c1sc2nc(SCC(=O)NC3CCCCC3)n(Cc3ccc(Cl)c(Cl)c3)c(=O)c2c1C. The van der Waals surface area contributed by atoms with E-state index in [1.807, 2.05) is 0 Å². The molecule has 36 heavy (non-hydrogen) atoms. The number of aromatic nitrogens is 2. The lowest BCUT2D eigenvalue weighted by molar-refractivity contribution is -0.119. The number of carbonyl (C=O) groups is 2. The van der Waals surface area contributed by atoms with E-state index >= 15 is 0 Å². The first kappa shape index (κ1) is 27.0. The summed E-state index contributed by atoms with van der Waals surface area (Å²) >= 11 is 14.6. The molecule has 0 radical (unpaired) electrons. The Balaban J connectivity index is 1.69. The van der Waals surface area contributed by atoms with Crippen LogP contribution in [-0.2, 0) is 16.1 Å². The van der Waals surface area contributed by atoms with Gasteiger partial charge in [-0.05, 0) is 49.9 Å². The van der Waals surface area contributed by atoms with Crippen molar-refractivity contribution >= 4 is 68.4 Å². The number of thiophene rings is 1. The van der Waals surface area contributed by atoms with E-state index in [1.165, 1.54) is 22.7 Å². The fourth-order valence-corrected chi connectivity index (χ4v) is 6.55. The first-order valence-corrected chi connectivity index (χ1v) is 14.4. The number of benzene rings is 1. The molecule has 1 fully saturated rings. The van der Waals surface area contributed by atoms with Gasteiger partial charge >= 0.3 is 5.97 Å². The van der Waals surface area contributed by atoms with E-state index in [1.54, 1.807) is 32.0 Å². The summed E-state index contributed by atoms with van der Waals surface area (Å²) in [7, 11) is 0. The molecule has 0 atom stereocenters. The third-order valence-electron chi connectivity index (χ3n) is 6.10. The minimum absolute atomic E-state index is 0.0862. The molecule has 0 unspecified atom stereocenters. The van der Waals surface area contributed by atoms with Crippen molar-refractivity contribution in [3.8, 4) is 0 Å². The first-order valence-electron chi connectivity index (χ1n) is 11.9. The molecule has 7 nitrogen and oxygen atoms in total. The van der Waals surface area contributed by atoms with Crippen LogP contribution in [0.3, 0.4) is 0 Å². The molecule has 192 valence electrons. The summed E-state index contributed by atoms with van der Waals surface area (Å²) in [4.78, 5) is 44.3. The Morgan fingerprint density at radius 2 is 1.97 bits per heavy atom. The van der Waals surface area contributed by atoms with Gasteiger partial charge in [-0.1, -0.05) is 60.3 Å². The summed E-state index contributed by atoms with van der Waals surface area (Å²) in [5, 5.41) is 4.67. The number of hydrogen-bond acceptors (Lipinski definition) is 7. The van der Waals surface area contributed by atoms with E-state index in [2.05, 4.69) is 5.32 Å². The van der Waals surface area contributed by atoms with Gasteiger partial charge in [-0.3, -0.25) is 14.2 Å². The Labute approximate surface area is 227 Å². The minimum Gasteiger partial charge on any atom is -0.462 e. The monoisotopic (exact) mass is 567 g/mol. The number of fused-ring (bicyclic) bond motifs is 1. The van der Waals surface area contributed by atoms with Crippen LogP contribution >= 0.6 is 46.3 Å². The lowest BCUT2D eigenvalue weighted by Gasteiger charge is -2.22. The van der Waals surface area contributed by atoms with Gasteiger partial charge in [-0.25, -0.2) is 9.78 Å². The molecule has 0 saturated heterocycles. The van der Waals surface area contributed by atoms with Crippen LogP contribution in [0.4, 0.5) is 0 Å². The zero-order valence-electron chi connectivity index (χ0n) is 20.1. The fourth-order valence-electron chi connectivity index (χ4n) is 4.31. The summed E-state index contributed by atoms with van der Waals surface area (Å²) in [6, 6.07) is 5.37. The fraction of sp³-hybridized carbons (Fsp3) is 0.440. The molecule has 0 aliphatic heterocycles. The number of nitrogens with zero attached hydrogens (tertiary/aromatic N) is 2. The highest BCUT2D eigenvalue weighted by Crippen LogP contribution is 2.31. The highest BCUT2D eigenvalue weighted by Gasteiger charge is 2.23. The first-order chi connectivity index (χ1) is 17.3. The van der Waals surface area contributed by atoms with Crippen molar-refractivity contribution in [3.05, 3.63) is 54.6 Å². The maximum atomic E-state index is 13.7. The van der Waals surface area contributed by atoms with Crippen LogP contribution in [0.2, 0.25) is 10.0 Å². The van der Waals surface area contributed by atoms with E-state index in [0.717, 1.165) is 42.6 Å². The number of esters is 1. The summed E-state index contributed by atoms with van der Waals surface area (Å²) in [5.41, 5.74) is 1.02. The lowest BCUT2D eigenvalue weighted by atomic mass is 9.95. The molecule has 1 saturated carbocycles. The second-order valence-electron chi connectivity index (χ2n) is 8.68. The molecule has 1 N–H and O–H groups in total. The molecule has 0 bridgehead atoms.